The lowest BCUT2D eigenvalue weighted by atomic mass is 10.2. The van der Waals surface area contributed by atoms with Crippen molar-refractivity contribution < 1.29 is 18.8 Å². The predicted molar refractivity (Wildman–Crippen MR) is 66.9 cm³/mol. The van der Waals surface area contributed by atoms with Crippen LogP contribution in [0, 0.1) is 20.8 Å². The number of rotatable bonds is 5. The Hall–Kier alpha value is -2.08. The summed E-state index contributed by atoms with van der Waals surface area (Å²) in [6.07, 6.45) is 0. The van der Waals surface area contributed by atoms with Gasteiger partial charge in [-0.05, 0) is 26.8 Å². The second-order valence-corrected chi connectivity index (χ2v) is 4.39. The molecule has 0 radical (unpaired) electrons. The molecule has 2 rings (SSSR count). The number of hydrogen-bond acceptors (Lipinski definition) is 5. The molecule has 2 heterocycles. The molecule has 2 aromatic rings. The number of hydrogen-bond donors (Lipinski definition) is 2. The van der Waals surface area contributed by atoms with Gasteiger partial charge in [0.05, 0.1) is 12.2 Å². The Bertz CT molecular complexity index is 578. The molecule has 0 spiro atoms. The predicted octanol–water partition coefficient (Wildman–Crippen LogP) is 2.18. The van der Waals surface area contributed by atoms with Gasteiger partial charge in [0.15, 0.2) is 0 Å². The minimum atomic E-state index is -0.974. The first-order valence-electron chi connectivity index (χ1n) is 5.94. The molecular weight excluding hydrogens is 248 g/mol. The molecule has 19 heavy (non-hydrogen) atoms. The molecule has 0 amide bonds. The van der Waals surface area contributed by atoms with Crippen LogP contribution in [0.2, 0.25) is 0 Å². The highest BCUT2D eigenvalue weighted by atomic mass is 16.5. The molecule has 0 saturated carbocycles. The van der Waals surface area contributed by atoms with E-state index in [2.05, 4.69) is 10.5 Å². The molecule has 0 aliphatic heterocycles. The van der Waals surface area contributed by atoms with Crippen molar-refractivity contribution >= 4 is 5.97 Å². The van der Waals surface area contributed by atoms with E-state index in [0.29, 0.717) is 24.6 Å². The van der Waals surface area contributed by atoms with Crippen LogP contribution in [0.1, 0.15) is 38.9 Å². The number of nitrogens with one attached hydrogen (secondary N) is 1. The van der Waals surface area contributed by atoms with Gasteiger partial charge in [0.25, 0.3) is 0 Å². The topological polar surface area (TPSA) is 88.5 Å². The maximum absolute atomic E-state index is 10.9. The molecule has 0 unspecified atom stereocenters. The lowest BCUT2D eigenvalue weighted by molar-refractivity contribution is 0.0695. The van der Waals surface area contributed by atoms with Crippen LogP contribution in [0.25, 0.3) is 0 Å². The molecule has 0 fully saturated rings. The fourth-order valence-electron chi connectivity index (χ4n) is 1.91. The van der Waals surface area contributed by atoms with Gasteiger partial charge in [-0.25, -0.2) is 4.79 Å². The first-order chi connectivity index (χ1) is 8.99. The zero-order valence-electron chi connectivity index (χ0n) is 11.1. The lowest BCUT2D eigenvalue weighted by Crippen LogP contribution is -2.13. The average Bonchev–Trinajstić information content (AvgIpc) is 2.86. The number of carboxylic acids is 1. The normalized spacial score (nSPS) is 10.9. The summed E-state index contributed by atoms with van der Waals surface area (Å²) in [5, 5.41) is 16.0. The maximum atomic E-state index is 10.9. The van der Waals surface area contributed by atoms with Crippen LogP contribution in [0.3, 0.4) is 0 Å². The monoisotopic (exact) mass is 264 g/mol. The Kier molecular flexibility index (Phi) is 3.71. The van der Waals surface area contributed by atoms with Crippen molar-refractivity contribution in [3.8, 4) is 0 Å². The summed E-state index contributed by atoms with van der Waals surface area (Å²) in [6, 6.07) is 1.54. The number of furan rings is 1. The van der Waals surface area contributed by atoms with Crippen LogP contribution in [0.4, 0.5) is 0 Å². The van der Waals surface area contributed by atoms with Crippen molar-refractivity contribution in [1.82, 2.24) is 10.5 Å². The Labute approximate surface area is 110 Å². The fraction of sp³-hybridized carbons (Fsp3) is 0.385. The lowest BCUT2D eigenvalue weighted by Gasteiger charge is -2.01. The van der Waals surface area contributed by atoms with Gasteiger partial charge in [-0.3, -0.25) is 0 Å². The standard InChI is InChI=1S/C13H16N2O4/c1-7-12(9(3)19-15-7)6-14-5-10-4-11(13(16)17)8(2)18-10/h4,14H,5-6H2,1-3H3,(H,16,17). The number of nitrogens with zero attached hydrogens (tertiary/aromatic N) is 1. The molecule has 0 saturated heterocycles. The first-order valence-corrected chi connectivity index (χ1v) is 5.94. The smallest absolute Gasteiger partial charge is 0.339 e. The van der Waals surface area contributed by atoms with Gasteiger partial charge in [0.2, 0.25) is 0 Å². The molecule has 6 nitrogen and oxygen atoms in total. The molecule has 102 valence electrons. The van der Waals surface area contributed by atoms with Crippen LogP contribution in [0.15, 0.2) is 15.0 Å². The van der Waals surface area contributed by atoms with Gasteiger partial charge >= 0.3 is 5.97 Å². The number of aromatic carboxylic acids is 1. The van der Waals surface area contributed by atoms with Crippen molar-refractivity contribution in [3.05, 3.63) is 40.2 Å². The van der Waals surface area contributed by atoms with Crippen molar-refractivity contribution in [3.63, 3.8) is 0 Å². The van der Waals surface area contributed by atoms with E-state index in [0.717, 1.165) is 17.0 Å². The van der Waals surface area contributed by atoms with Crippen LogP contribution in [0.5, 0.6) is 0 Å². The van der Waals surface area contributed by atoms with Gasteiger partial charge in [-0.1, -0.05) is 5.16 Å². The minimum absolute atomic E-state index is 0.203. The van der Waals surface area contributed by atoms with Crippen molar-refractivity contribution in [2.75, 3.05) is 0 Å². The third kappa shape index (κ3) is 2.85. The molecule has 0 bridgehead atoms. The van der Waals surface area contributed by atoms with Crippen LogP contribution >= 0.6 is 0 Å². The molecule has 0 aliphatic carbocycles. The highest BCUT2D eigenvalue weighted by Gasteiger charge is 2.14. The minimum Gasteiger partial charge on any atom is -0.478 e. The zero-order chi connectivity index (χ0) is 14.0. The Morgan fingerprint density at radius 2 is 2.05 bits per heavy atom. The Morgan fingerprint density at radius 1 is 1.32 bits per heavy atom. The number of carbonyl (C=O) groups is 1. The highest BCUT2D eigenvalue weighted by molar-refractivity contribution is 5.88. The summed E-state index contributed by atoms with van der Waals surface area (Å²) in [7, 11) is 0. The van der Waals surface area contributed by atoms with E-state index in [4.69, 9.17) is 14.0 Å². The van der Waals surface area contributed by atoms with E-state index >= 15 is 0 Å². The van der Waals surface area contributed by atoms with E-state index < -0.39 is 5.97 Å². The maximum Gasteiger partial charge on any atom is 0.339 e. The fourth-order valence-corrected chi connectivity index (χ4v) is 1.91. The quantitative estimate of drug-likeness (QED) is 0.860. The summed E-state index contributed by atoms with van der Waals surface area (Å²) < 4.78 is 10.4. The second-order valence-electron chi connectivity index (χ2n) is 4.39. The summed E-state index contributed by atoms with van der Waals surface area (Å²) in [5.74, 6) is 0.827. The van der Waals surface area contributed by atoms with Crippen molar-refractivity contribution in [2.24, 2.45) is 0 Å². The average molecular weight is 264 g/mol. The molecule has 2 aromatic heterocycles. The highest BCUT2D eigenvalue weighted by Crippen LogP contribution is 2.15. The van der Waals surface area contributed by atoms with E-state index in [1.54, 1.807) is 6.92 Å². The van der Waals surface area contributed by atoms with Gasteiger partial charge < -0.3 is 19.4 Å². The first kappa shape index (κ1) is 13.4. The number of aryl methyl sites for hydroxylation is 3. The van der Waals surface area contributed by atoms with Gasteiger partial charge in [0.1, 0.15) is 22.8 Å². The molecule has 0 aliphatic rings. The van der Waals surface area contributed by atoms with E-state index in [1.165, 1.54) is 6.07 Å². The Balaban J connectivity index is 1.96. The summed E-state index contributed by atoms with van der Waals surface area (Å²) >= 11 is 0. The molecule has 0 aromatic carbocycles. The largest absolute Gasteiger partial charge is 0.478 e. The summed E-state index contributed by atoms with van der Waals surface area (Å²) in [6.45, 7) is 6.44. The summed E-state index contributed by atoms with van der Waals surface area (Å²) in [5.41, 5.74) is 2.07. The third-order valence-electron chi connectivity index (χ3n) is 2.98. The van der Waals surface area contributed by atoms with Crippen LogP contribution < -0.4 is 5.32 Å². The van der Waals surface area contributed by atoms with Gasteiger partial charge in [-0.15, -0.1) is 0 Å². The summed E-state index contributed by atoms with van der Waals surface area (Å²) in [4.78, 5) is 10.9. The van der Waals surface area contributed by atoms with E-state index in [1.807, 2.05) is 13.8 Å². The van der Waals surface area contributed by atoms with Crippen LogP contribution in [-0.2, 0) is 13.1 Å². The SMILES string of the molecule is Cc1noc(C)c1CNCc1cc(C(=O)O)c(C)o1. The number of carboxylic acid groups (broad SMARTS) is 1. The van der Waals surface area contributed by atoms with Crippen molar-refractivity contribution in [2.45, 2.75) is 33.9 Å². The second kappa shape index (κ2) is 5.27. The van der Waals surface area contributed by atoms with Gasteiger partial charge in [0, 0.05) is 12.1 Å². The molecular formula is C13H16N2O4. The molecule has 0 atom stereocenters. The Morgan fingerprint density at radius 3 is 2.58 bits per heavy atom. The van der Waals surface area contributed by atoms with E-state index in [-0.39, 0.29) is 5.56 Å². The van der Waals surface area contributed by atoms with Gasteiger partial charge in [-0.2, -0.15) is 0 Å². The zero-order valence-corrected chi connectivity index (χ0v) is 11.1. The number of aromatic nitrogens is 1. The molecule has 2 N–H and O–H groups in total. The van der Waals surface area contributed by atoms with E-state index in [9.17, 15) is 4.79 Å². The molecule has 6 heteroatoms. The van der Waals surface area contributed by atoms with Crippen LogP contribution in [-0.4, -0.2) is 16.2 Å². The van der Waals surface area contributed by atoms with Crippen molar-refractivity contribution in [1.29, 1.82) is 0 Å². The third-order valence-corrected chi connectivity index (χ3v) is 2.98.